The third-order valence-electron chi connectivity index (χ3n) is 4.66. The van der Waals surface area contributed by atoms with Gasteiger partial charge in [0.2, 0.25) is 0 Å². The molecular formula is C25H21NO2. The number of amides is 1. The van der Waals surface area contributed by atoms with Crippen molar-refractivity contribution in [1.82, 2.24) is 0 Å². The van der Waals surface area contributed by atoms with E-state index in [1.807, 2.05) is 78.9 Å². The number of carbonyl (C=O) groups is 1. The molecule has 0 fully saturated rings. The number of fused-ring (bicyclic) bond motifs is 1. The van der Waals surface area contributed by atoms with Gasteiger partial charge in [-0.05, 0) is 29.1 Å². The van der Waals surface area contributed by atoms with Crippen LogP contribution in [0.2, 0.25) is 0 Å². The topological polar surface area (TPSA) is 38.3 Å². The maximum absolute atomic E-state index is 12.9. The third kappa shape index (κ3) is 4.04. The normalized spacial score (nSPS) is 10.6. The molecule has 0 aliphatic carbocycles. The van der Waals surface area contributed by atoms with Crippen molar-refractivity contribution in [3.05, 3.63) is 108 Å². The maximum Gasteiger partial charge on any atom is 0.259 e. The van der Waals surface area contributed by atoms with Crippen LogP contribution in [0.4, 0.5) is 5.69 Å². The summed E-state index contributed by atoms with van der Waals surface area (Å²) in [5, 5.41) is 5.14. The first-order valence-corrected chi connectivity index (χ1v) is 9.36. The molecule has 3 heteroatoms. The van der Waals surface area contributed by atoms with Crippen molar-refractivity contribution in [3.8, 4) is 5.75 Å². The number of nitrogens with one attached hydrogen (secondary N) is 1. The molecule has 0 heterocycles. The predicted octanol–water partition coefficient (Wildman–Crippen LogP) is 5.71. The van der Waals surface area contributed by atoms with E-state index in [0.29, 0.717) is 17.9 Å². The van der Waals surface area contributed by atoms with Crippen LogP contribution < -0.4 is 10.1 Å². The fraction of sp³-hybridized carbons (Fsp3) is 0.0800. The molecule has 138 valence electrons. The van der Waals surface area contributed by atoms with Gasteiger partial charge in [-0.25, -0.2) is 0 Å². The van der Waals surface area contributed by atoms with Crippen LogP contribution in [0, 0.1) is 0 Å². The lowest BCUT2D eigenvalue weighted by Gasteiger charge is -2.13. The number of hydrogen-bond acceptors (Lipinski definition) is 2. The monoisotopic (exact) mass is 367 g/mol. The van der Waals surface area contributed by atoms with Crippen molar-refractivity contribution >= 4 is 22.4 Å². The van der Waals surface area contributed by atoms with Crippen molar-refractivity contribution in [2.24, 2.45) is 0 Å². The highest BCUT2D eigenvalue weighted by molar-refractivity contribution is 6.10. The van der Waals surface area contributed by atoms with E-state index in [4.69, 9.17) is 4.74 Å². The Bertz CT molecular complexity index is 1080. The van der Waals surface area contributed by atoms with Crippen LogP contribution in [0.1, 0.15) is 15.9 Å². The molecule has 0 spiro atoms. The lowest BCUT2D eigenvalue weighted by molar-refractivity contribution is 0.102. The van der Waals surface area contributed by atoms with Crippen molar-refractivity contribution in [1.29, 1.82) is 0 Å². The Hall–Kier alpha value is -3.59. The minimum absolute atomic E-state index is 0.174. The molecule has 0 aromatic heterocycles. The zero-order valence-electron chi connectivity index (χ0n) is 15.5. The first kappa shape index (κ1) is 17.8. The summed E-state index contributed by atoms with van der Waals surface area (Å²) in [5.74, 6) is 0.419. The molecule has 1 amide bonds. The zero-order chi connectivity index (χ0) is 19.2. The summed E-state index contributed by atoms with van der Waals surface area (Å²) in [6, 6.07) is 31.4. The molecule has 4 aromatic rings. The molecule has 0 saturated heterocycles. The first-order chi connectivity index (χ1) is 13.8. The smallest absolute Gasteiger partial charge is 0.259 e. The second-order valence-electron chi connectivity index (χ2n) is 6.56. The van der Waals surface area contributed by atoms with E-state index in [9.17, 15) is 4.79 Å². The number of rotatable bonds is 6. The van der Waals surface area contributed by atoms with E-state index < -0.39 is 0 Å². The Balaban J connectivity index is 1.50. The van der Waals surface area contributed by atoms with Gasteiger partial charge in [0.15, 0.2) is 0 Å². The molecule has 0 radical (unpaired) electrons. The van der Waals surface area contributed by atoms with Gasteiger partial charge < -0.3 is 10.1 Å². The second kappa shape index (κ2) is 8.40. The summed E-state index contributed by atoms with van der Waals surface area (Å²) in [4.78, 5) is 12.9. The van der Waals surface area contributed by atoms with Crippen LogP contribution in [-0.2, 0) is 6.42 Å². The molecule has 4 aromatic carbocycles. The van der Waals surface area contributed by atoms with E-state index in [-0.39, 0.29) is 5.91 Å². The molecule has 3 nitrogen and oxygen atoms in total. The van der Waals surface area contributed by atoms with E-state index in [1.54, 1.807) is 6.07 Å². The highest BCUT2D eigenvalue weighted by Gasteiger charge is 2.13. The van der Waals surface area contributed by atoms with Gasteiger partial charge in [0.1, 0.15) is 5.75 Å². The molecule has 0 atom stereocenters. The van der Waals surface area contributed by atoms with Gasteiger partial charge in [-0.1, -0.05) is 78.9 Å². The Morgan fingerprint density at radius 2 is 1.46 bits per heavy atom. The molecule has 28 heavy (non-hydrogen) atoms. The average Bonchev–Trinajstić information content (AvgIpc) is 2.75. The average molecular weight is 367 g/mol. The molecule has 0 aliphatic heterocycles. The van der Waals surface area contributed by atoms with Gasteiger partial charge in [-0.3, -0.25) is 4.79 Å². The van der Waals surface area contributed by atoms with Crippen LogP contribution in [0.25, 0.3) is 10.8 Å². The second-order valence-corrected chi connectivity index (χ2v) is 6.56. The summed E-state index contributed by atoms with van der Waals surface area (Å²) in [6.45, 7) is 0.516. The minimum atomic E-state index is -0.174. The van der Waals surface area contributed by atoms with Gasteiger partial charge in [-0.15, -0.1) is 0 Å². The summed E-state index contributed by atoms with van der Waals surface area (Å²) in [7, 11) is 0. The first-order valence-electron chi connectivity index (χ1n) is 9.36. The summed E-state index contributed by atoms with van der Waals surface area (Å²) in [6.07, 6.45) is 0.792. The van der Waals surface area contributed by atoms with Crippen LogP contribution in [0.15, 0.2) is 97.1 Å². The molecule has 4 rings (SSSR count). The standard InChI is InChI=1S/C25H21NO2/c27-25(26-23-15-8-12-20-11-4-5-13-21(20)23)22-14-6-7-16-24(22)28-18-17-19-9-2-1-3-10-19/h1-16H,17-18H2,(H,26,27). The molecule has 0 aliphatic rings. The van der Waals surface area contributed by atoms with Crippen molar-refractivity contribution in [3.63, 3.8) is 0 Å². The SMILES string of the molecule is O=C(Nc1cccc2ccccc12)c1ccccc1OCCc1ccccc1. The Kier molecular flexibility index (Phi) is 5.34. The maximum atomic E-state index is 12.9. The Morgan fingerprint density at radius 1 is 0.750 bits per heavy atom. The molecule has 0 bridgehead atoms. The summed E-state index contributed by atoms with van der Waals surface area (Å²) >= 11 is 0. The van der Waals surface area contributed by atoms with E-state index in [1.165, 1.54) is 5.56 Å². The Morgan fingerprint density at radius 3 is 2.36 bits per heavy atom. The van der Waals surface area contributed by atoms with E-state index in [0.717, 1.165) is 22.9 Å². The van der Waals surface area contributed by atoms with Gasteiger partial charge in [0.25, 0.3) is 5.91 Å². The van der Waals surface area contributed by atoms with Crippen molar-refractivity contribution < 1.29 is 9.53 Å². The van der Waals surface area contributed by atoms with Crippen LogP contribution in [0.3, 0.4) is 0 Å². The minimum Gasteiger partial charge on any atom is -0.492 e. The van der Waals surface area contributed by atoms with E-state index in [2.05, 4.69) is 17.4 Å². The van der Waals surface area contributed by atoms with Gasteiger partial charge in [-0.2, -0.15) is 0 Å². The highest BCUT2D eigenvalue weighted by atomic mass is 16.5. The van der Waals surface area contributed by atoms with Crippen LogP contribution >= 0.6 is 0 Å². The number of benzene rings is 4. The lowest BCUT2D eigenvalue weighted by Crippen LogP contribution is -2.14. The number of hydrogen-bond donors (Lipinski definition) is 1. The quantitative estimate of drug-likeness (QED) is 0.474. The molecular weight excluding hydrogens is 346 g/mol. The molecule has 0 saturated carbocycles. The zero-order valence-corrected chi connectivity index (χ0v) is 15.5. The molecule has 0 unspecified atom stereocenters. The number of para-hydroxylation sites is 1. The summed E-state index contributed by atoms with van der Waals surface area (Å²) in [5.41, 5.74) is 2.53. The van der Waals surface area contributed by atoms with Crippen LogP contribution in [0.5, 0.6) is 5.75 Å². The number of carbonyl (C=O) groups excluding carboxylic acids is 1. The predicted molar refractivity (Wildman–Crippen MR) is 114 cm³/mol. The number of ether oxygens (including phenoxy) is 1. The van der Waals surface area contributed by atoms with Crippen molar-refractivity contribution in [2.45, 2.75) is 6.42 Å². The fourth-order valence-corrected chi connectivity index (χ4v) is 3.23. The van der Waals surface area contributed by atoms with E-state index >= 15 is 0 Å². The van der Waals surface area contributed by atoms with Gasteiger partial charge >= 0.3 is 0 Å². The van der Waals surface area contributed by atoms with Crippen molar-refractivity contribution in [2.75, 3.05) is 11.9 Å². The van der Waals surface area contributed by atoms with Gasteiger partial charge in [0, 0.05) is 17.5 Å². The number of anilines is 1. The third-order valence-corrected chi connectivity index (χ3v) is 4.66. The largest absolute Gasteiger partial charge is 0.492 e. The van der Waals surface area contributed by atoms with Crippen LogP contribution in [-0.4, -0.2) is 12.5 Å². The Labute approximate surface area is 164 Å². The lowest BCUT2D eigenvalue weighted by atomic mass is 10.1. The summed E-state index contributed by atoms with van der Waals surface area (Å²) < 4.78 is 5.93. The highest BCUT2D eigenvalue weighted by Crippen LogP contribution is 2.25. The molecule has 1 N–H and O–H groups in total. The fourth-order valence-electron chi connectivity index (χ4n) is 3.23. The van der Waals surface area contributed by atoms with Gasteiger partial charge in [0.05, 0.1) is 12.2 Å².